The molecule has 0 aliphatic rings. The van der Waals surface area contributed by atoms with Crippen LogP contribution in [-0.2, 0) is 4.74 Å². The molecule has 0 saturated carbocycles. The molecule has 0 aromatic carbocycles. The van der Waals surface area contributed by atoms with Gasteiger partial charge in [0.1, 0.15) is 5.60 Å². The number of carbonyl (C=O) groups is 1. The summed E-state index contributed by atoms with van der Waals surface area (Å²) in [6.07, 6.45) is 1.49. The highest BCUT2D eigenvalue weighted by Crippen LogP contribution is 2.06. The average Bonchev–Trinajstić information content (AvgIpc) is 2.26. The fraction of sp³-hybridized carbons (Fsp3) is 0.833. The molecule has 19 heavy (non-hydrogen) atoms. The van der Waals surface area contributed by atoms with E-state index in [0.717, 1.165) is 25.3 Å². The SMILES string of the molecule is CN=C(NC)NCCCCNC(=O)OC(C)(C)C.I. The molecule has 0 aromatic heterocycles. The van der Waals surface area contributed by atoms with Crippen molar-refractivity contribution in [2.24, 2.45) is 4.99 Å². The maximum Gasteiger partial charge on any atom is 0.407 e. The first-order valence-electron chi connectivity index (χ1n) is 6.24. The topological polar surface area (TPSA) is 74.8 Å². The van der Waals surface area contributed by atoms with Crippen molar-refractivity contribution in [2.75, 3.05) is 27.2 Å². The van der Waals surface area contributed by atoms with Gasteiger partial charge in [0.15, 0.2) is 5.96 Å². The minimum atomic E-state index is -0.440. The van der Waals surface area contributed by atoms with Gasteiger partial charge in [0, 0.05) is 27.2 Å². The molecule has 0 heterocycles. The number of nitrogens with one attached hydrogen (secondary N) is 3. The first-order chi connectivity index (χ1) is 8.39. The van der Waals surface area contributed by atoms with E-state index in [0.29, 0.717) is 6.54 Å². The predicted molar refractivity (Wildman–Crippen MR) is 89.3 cm³/mol. The third-order valence-corrected chi connectivity index (χ3v) is 2.02. The molecule has 114 valence electrons. The summed E-state index contributed by atoms with van der Waals surface area (Å²) in [5.74, 6) is 0.773. The molecule has 0 atom stereocenters. The first-order valence-corrected chi connectivity index (χ1v) is 6.24. The third-order valence-electron chi connectivity index (χ3n) is 2.02. The summed E-state index contributed by atoms with van der Waals surface area (Å²) in [5.41, 5.74) is -0.440. The second-order valence-corrected chi connectivity index (χ2v) is 4.88. The number of amides is 1. The van der Waals surface area contributed by atoms with Crippen LogP contribution in [0.1, 0.15) is 33.6 Å². The van der Waals surface area contributed by atoms with Crippen LogP contribution >= 0.6 is 24.0 Å². The molecule has 0 fully saturated rings. The average molecular weight is 386 g/mol. The molecule has 0 saturated heterocycles. The van der Waals surface area contributed by atoms with Crippen molar-refractivity contribution in [1.82, 2.24) is 16.0 Å². The Morgan fingerprint density at radius 1 is 1.16 bits per heavy atom. The second kappa shape index (κ2) is 11.1. The van der Waals surface area contributed by atoms with Crippen LogP contribution in [0, 0.1) is 0 Å². The molecule has 0 aliphatic carbocycles. The Labute approximate surface area is 133 Å². The van der Waals surface area contributed by atoms with E-state index in [4.69, 9.17) is 4.74 Å². The molecule has 0 unspecified atom stereocenters. The number of hydrogen-bond acceptors (Lipinski definition) is 3. The predicted octanol–water partition coefficient (Wildman–Crippen LogP) is 1.70. The number of rotatable bonds is 5. The zero-order valence-corrected chi connectivity index (χ0v) is 14.8. The number of halogens is 1. The second-order valence-electron chi connectivity index (χ2n) is 4.88. The van der Waals surface area contributed by atoms with Crippen molar-refractivity contribution in [2.45, 2.75) is 39.2 Å². The van der Waals surface area contributed by atoms with E-state index < -0.39 is 5.60 Å². The van der Waals surface area contributed by atoms with E-state index in [-0.39, 0.29) is 30.1 Å². The van der Waals surface area contributed by atoms with Crippen molar-refractivity contribution < 1.29 is 9.53 Å². The summed E-state index contributed by atoms with van der Waals surface area (Å²) in [7, 11) is 3.54. The van der Waals surface area contributed by atoms with E-state index in [1.165, 1.54) is 0 Å². The number of aliphatic imine (C=N–C) groups is 1. The third kappa shape index (κ3) is 13.5. The summed E-state index contributed by atoms with van der Waals surface area (Å²) in [5, 5.41) is 8.80. The smallest absolute Gasteiger partial charge is 0.407 e. The van der Waals surface area contributed by atoms with Gasteiger partial charge in [-0.25, -0.2) is 4.79 Å². The van der Waals surface area contributed by atoms with Crippen molar-refractivity contribution >= 4 is 36.0 Å². The Kier molecular flexibility index (Phi) is 12.1. The monoisotopic (exact) mass is 386 g/mol. The van der Waals surface area contributed by atoms with Gasteiger partial charge in [-0.2, -0.15) is 0 Å². The molecule has 7 heteroatoms. The molecular weight excluding hydrogens is 359 g/mol. The van der Waals surface area contributed by atoms with Crippen LogP contribution in [-0.4, -0.2) is 44.8 Å². The Balaban J connectivity index is 0. The molecule has 1 amide bonds. The molecule has 0 aliphatic heterocycles. The van der Waals surface area contributed by atoms with Crippen LogP contribution < -0.4 is 16.0 Å². The van der Waals surface area contributed by atoms with Gasteiger partial charge < -0.3 is 20.7 Å². The summed E-state index contributed by atoms with van der Waals surface area (Å²) < 4.78 is 5.12. The lowest BCUT2D eigenvalue weighted by Crippen LogP contribution is -2.36. The van der Waals surface area contributed by atoms with Gasteiger partial charge in [-0.1, -0.05) is 0 Å². The normalized spacial score (nSPS) is 11.3. The maximum atomic E-state index is 11.3. The number of nitrogens with zero attached hydrogens (tertiary/aromatic N) is 1. The molecule has 0 spiro atoms. The largest absolute Gasteiger partial charge is 0.444 e. The van der Waals surface area contributed by atoms with Crippen LogP contribution in [0.15, 0.2) is 4.99 Å². The lowest BCUT2D eigenvalue weighted by molar-refractivity contribution is 0.0527. The molecule has 0 rings (SSSR count). The van der Waals surface area contributed by atoms with Gasteiger partial charge in [-0.3, -0.25) is 4.99 Å². The zero-order chi connectivity index (χ0) is 14.0. The summed E-state index contributed by atoms with van der Waals surface area (Å²) in [6, 6.07) is 0. The van der Waals surface area contributed by atoms with Crippen LogP contribution in [0.4, 0.5) is 4.79 Å². The first kappa shape index (κ1) is 20.6. The fourth-order valence-electron chi connectivity index (χ4n) is 1.24. The van der Waals surface area contributed by atoms with E-state index in [2.05, 4.69) is 20.9 Å². The van der Waals surface area contributed by atoms with Crippen LogP contribution in [0.2, 0.25) is 0 Å². The van der Waals surface area contributed by atoms with Gasteiger partial charge in [0.2, 0.25) is 0 Å². The number of guanidine groups is 1. The Bertz CT molecular complexity index is 277. The highest BCUT2D eigenvalue weighted by Gasteiger charge is 2.15. The van der Waals surface area contributed by atoms with Crippen molar-refractivity contribution in [1.29, 1.82) is 0 Å². The van der Waals surface area contributed by atoms with Gasteiger partial charge in [-0.15, -0.1) is 24.0 Å². The highest BCUT2D eigenvalue weighted by molar-refractivity contribution is 14.0. The van der Waals surface area contributed by atoms with E-state index in [9.17, 15) is 4.79 Å². The van der Waals surface area contributed by atoms with E-state index in [1.807, 2.05) is 27.8 Å². The summed E-state index contributed by atoms with van der Waals surface area (Å²) in [4.78, 5) is 15.3. The van der Waals surface area contributed by atoms with Crippen LogP contribution in [0.5, 0.6) is 0 Å². The lowest BCUT2D eigenvalue weighted by Gasteiger charge is -2.19. The molecular formula is C12H27IN4O2. The molecule has 0 bridgehead atoms. The quantitative estimate of drug-likeness (QED) is 0.291. The summed E-state index contributed by atoms with van der Waals surface area (Å²) >= 11 is 0. The van der Waals surface area contributed by atoms with Gasteiger partial charge >= 0.3 is 6.09 Å². The summed E-state index contributed by atoms with van der Waals surface area (Å²) in [6.45, 7) is 6.98. The Hall–Kier alpha value is -0.730. The van der Waals surface area contributed by atoms with Gasteiger partial charge in [0.05, 0.1) is 0 Å². The highest BCUT2D eigenvalue weighted by atomic mass is 127. The number of unbranched alkanes of at least 4 members (excludes halogenated alkanes) is 1. The zero-order valence-electron chi connectivity index (χ0n) is 12.5. The van der Waals surface area contributed by atoms with Crippen molar-refractivity contribution in [3.05, 3.63) is 0 Å². The number of hydrogen-bond donors (Lipinski definition) is 3. The number of alkyl carbamates (subject to hydrolysis) is 1. The Morgan fingerprint density at radius 3 is 2.11 bits per heavy atom. The minimum absolute atomic E-state index is 0. The minimum Gasteiger partial charge on any atom is -0.444 e. The molecule has 0 aromatic rings. The van der Waals surface area contributed by atoms with Crippen LogP contribution in [0.3, 0.4) is 0 Å². The number of ether oxygens (including phenoxy) is 1. The Morgan fingerprint density at radius 2 is 1.68 bits per heavy atom. The maximum absolute atomic E-state index is 11.3. The van der Waals surface area contributed by atoms with Gasteiger partial charge in [0.25, 0.3) is 0 Å². The molecule has 6 nitrogen and oxygen atoms in total. The fourth-order valence-corrected chi connectivity index (χ4v) is 1.24. The van der Waals surface area contributed by atoms with Crippen molar-refractivity contribution in [3.63, 3.8) is 0 Å². The number of carbonyl (C=O) groups excluding carboxylic acids is 1. The van der Waals surface area contributed by atoms with Gasteiger partial charge in [-0.05, 0) is 33.6 Å². The van der Waals surface area contributed by atoms with E-state index in [1.54, 1.807) is 7.05 Å². The lowest BCUT2D eigenvalue weighted by atomic mass is 10.2. The molecule has 3 N–H and O–H groups in total. The van der Waals surface area contributed by atoms with Crippen molar-refractivity contribution in [3.8, 4) is 0 Å². The van der Waals surface area contributed by atoms with E-state index >= 15 is 0 Å². The standard InChI is InChI=1S/C12H26N4O2.HI/c1-12(2,3)18-11(17)16-9-7-6-8-15-10(13-4)14-5;/h6-9H2,1-5H3,(H,16,17)(H2,13,14,15);1H. The van der Waals surface area contributed by atoms with Crippen LogP contribution in [0.25, 0.3) is 0 Å². The molecule has 0 radical (unpaired) electrons.